The zero-order valence-electron chi connectivity index (χ0n) is 20.8. The lowest BCUT2D eigenvalue weighted by atomic mass is 9.99. The van der Waals surface area contributed by atoms with Crippen molar-refractivity contribution in [2.75, 3.05) is 26.7 Å². The van der Waals surface area contributed by atoms with Crippen LogP contribution in [0.3, 0.4) is 0 Å². The van der Waals surface area contributed by atoms with Gasteiger partial charge in [0, 0.05) is 49.7 Å². The van der Waals surface area contributed by atoms with E-state index in [1.54, 1.807) is 41.7 Å². The molecular formula is C28H31N5O3. The molecule has 0 unspecified atom stereocenters. The molecule has 0 radical (unpaired) electrons. The Hall–Kier alpha value is -3.80. The fraction of sp³-hybridized carbons (Fsp3) is 0.357. The number of nitriles is 1. The molecule has 1 aromatic carbocycles. The van der Waals surface area contributed by atoms with Gasteiger partial charge in [-0.05, 0) is 55.4 Å². The third-order valence-electron chi connectivity index (χ3n) is 6.56. The topological polar surface area (TPSA) is 103 Å². The number of rotatable bonds is 7. The van der Waals surface area contributed by atoms with Crippen LogP contribution in [-0.2, 0) is 6.54 Å². The van der Waals surface area contributed by atoms with E-state index in [2.05, 4.69) is 27.9 Å². The van der Waals surface area contributed by atoms with Gasteiger partial charge in [-0.2, -0.15) is 5.26 Å². The maximum atomic E-state index is 13.6. The lowest BCUT2D eigenvalue weighted by Crippen LogP contribution is -2.49. The summed E-state index contributed by atoms with van der Waals surface area (Å²) < 4.78 is 6.40. The first-order valence-electron chi connectivity index (χ1n) is 12.1. The molecule has 0 saturated heterocycles. The van der Waals surface area contributed by atoms with Gasteiger partial charge in [-0.1, -0.05) is 19.1 Å². The molecule has 8 heteroatoms. The Morgan fingerprint density at radius 1 is 1.22 bits per heavy atom. The summed E-state index contributed by atoms with van der Waals surface area (Å²) in [5.41, 5.74) is 3.69. The van der Waals surface area contributed by atoms with Crippen molar-refractivity contribution in [1.29, 1.82) is 5.26 Å². The van der Waals surface area contributed by atoms with Gasteiger partial charge in [0.15, 0.2) is 0 Å². The molecule has 0 fully saturated rings. The number of hydrogen-bond donors (Lipinski definition) is 1. The third-order valence-corrected chi connectivity index (χ3v) is 6.56. The maximum Gasteiger partial charge on any atom is 0.259 e. The molecular weight excluding hydrogens is 454 g/mol. The van der Waals surface area contributed by atoms with E-state index in [0.29, 0.717) is 30.1 Å². The summed E-state index contributed by atoms with van der Waals surface area (Å²) in [5.74, 6) is 0.0855. The van der Waals surface area contributed by atoms with Crippen molar-refractivity contribution in [3.63, 3.8) is 0 Å². The van der Waals surface area contributed by atoms with Gasteiger partial charge in [0.2, 0.25) is 5.88 Å². The molecule has 0 aliphatic carbocycles. The second-order valence-electron chi connectivity index (χ2n) is 9.44. The Kier molecular flexibility index (Phi) is 7.93. The van der Waals surface area contributed by atoms with E-state index in [1.807, 2.05) is 38.2 Å². The number of fused-ring (bicyclic) bond motifs is 1. The van der Waals surface area contributed by atoms with Gasteiger partial charge in [0.1, 0.15) is 11.7 Å². The highest BCUT2D eigenvalue weighted by Crippen LogP contribution is 2.30. The quantitative estimate of drug-likeness (QED) is 0.547. The van der Waals surface area contributed by atoms with Gasteiger partial charge in [0.05, 0.1) is 24.3 Å². The molecule has 4 rings (SSSR count). The molecule has 2 aromatic heterocycles. The molecule has 0 spiro atoms. The molecule has 1 amide bonds. The van der Waals surface area contributed by atoms with Crippen molar-refractivity contribution >= 4 is 5.91 Å². The fourth-order valence-electron chi connectivity index (χ4n) is 4.39. The molecule has 0 saturated carbocycles. The number of benzene rings is 1. The summed E-state index contributed by atoms with van der Waals surface area (Å²) in [6.07, 6.45) is 5.04. The third kappa shape index (κ3) is 5.70. The first-order valence-corrected chi connectivity index (χ1v) is 12.1. The van der Waals surface area contributed by atoms with Crippen LogP contribution in [0, 0.1) is 17.2 Å². The summed E-state index contributed by atoms with van der Waals surface area (Å²) in [7, 11) is 2.04. The zero-order valence-corrected chi connectivity index (χ0v) is 20.8. The number of aliphatic hydroxyl groups is 1. The van der Waals surface area contributed by atoms with Crippen LogP contribution in [0.5, 0.6) is 5.88 Å². The minimum atomic E-state index is -0.348. The standard InChI is InChI=1S/C28H31N5O3/c1-19-15-33(20(2)18-34)28(35)25-12-24(23-6-4-21(13-29)5-7-23)14-31-27(25)36-26(19)17-32(3)16-22-8-10-30-11-9-22/h4-12,14,19-20,26,34H,15-18H2,1-3H3/t19-,20+,26+/m0/s1. The first-order chi connectivity index (χ1) is 17.4. The van der Waals surface area contributed by atoms with E-state index in [4.69, 9.17) is 10.00 Å². The smallest absolute Gasteiger partial charge is 0.259 e. The summed E-state index contributed by atoms with van der Waals surface area (Å²) in [5, 5.41) is 19.0. The lowest BCUT2D eigenvalue weighted by molar-refractivity contribution is 0.0325. The first kappa shape index (κ1) is 25.3. The van der Waals surface area contributed by atoms with E-state index in [0.717, 1.165) is 23.2 Å². The van der Waals surface area contributed by atoms with Gasteiger partial charge in [-0.3, -0.25) is 14.7 Å². The molecule has 0 bridgehead atoms. The van der Waals surface area contributed by atoms with Crippen LogP contribution in [-0.4, -0.2) is 69.7 Å². The average molecular weight is 486 g/mol. The van der Waals surface area contributed by atoms with E-state index in [1.165, 1.54) is 0 Å². The number of carbonyl (C=O) groups is 1. The van der Waals surface area contributed by atoms with Crippen molar-refractivity contribution in [3.05, 3.63) is 77.7 Å². The highest BCUT2D eigenvalue weighted by atomic mass is 16.5. The average Bonchev–Trinajstić information content (AvgIpc) is 2.90. The summed E-state index contributed by atoms with van der Waals surface area (Å²) in [6, 6.07) is 14.7. The van der Waals surface area contributed by atoms with Crippen LogP contribution < -0.4 is 4.74 Å². The number of ether oxygens (including phenoxy) is 1. The number of nitrogens with zero attached hydrogens (tertiary/aromatic N) is 5. The van der Waals surface area contributed by atoms with Crippen LogP contribution in [0.2, 0.25) is 0 Å². The number of hydrogen-bond acceptors (Lipinski definition) is 7. The zero-order chi connectivity index (χ0) is 25.7. The largest absolute Gasteiger partial charge is 0.472 e. The van der Waals surface area contributed by atoms with Gasteiger partial charge in [-0.15, -0.1) is 0 Å². The monoisotopic (exact) mass is 485 g/mol. The fourth-order valence-corrected chi connectivity index (χ4v) is 4.39. The highest BCUT2D eigenvalue weighted by Gasteiger charge is 2.34. The predicted octanol–water partition coefficient (Wildman–Crippen LogP) is 3.37. The normalized spacial score (nSPS) is 18.6. The number of pyridine rings is 2. The second kappa shape index (κ2) is 11.3. The molecule has 8 nitrogen and oxygen atoms in total. The number of amides is 1. The summed E-state index contributed by atoms with van der Waals surface area (Å²) in [6.45, 7) is 5.60. The molecule has 1 aliphatic heterocycles. The summed E-state index contributed by atoms with van der Waals surface area (Å²) in [4.78, 5) is 26.2. The Morgan fingerprint density at radius 2 is 1.94 bits per heavy atom. The Labute approximate surface area is 211 Å². The van der Waals surface area contributed by atoms with Crippen molar-refractivity contribution in [1.82, 2.24) is 19.8 Å². The molecule has 1 N–H and O–H groups in total. The van der Waals surface area contributed by atoms with Crippen molar-refractivity contribution < 1.29 is 14.6 Å². The van der Waals surface area contributed by atoms with Crippen LogP contribution in [0.1, 0.15) is 35.3 Å². The molecule has 36 heavy (non-hydrogen) atoms. The second-order valence-corrected chi connectivity index (χ2v) is 9.44. The van der Waals surface area contributed by atoms with E-state index in [-0.39, 0.29) is 30.6 Å². The van der Waals surface area contributed by atoms with Crippen LogP contribution in [0.4, 0.5) is 0 Å². The number of aliphatic hydroxyl groups excluding tert-OH is 1. The van der Waals surface area contributed by atoms with Gasteiger partial charge in [-0.25, -0.2) is 4.98 Å². The Morgan fingerprint density at radius 3 is 2.61 bits per heavy atom. The van der Waals surface area contributed by atoms with Gasteiger partial charge >= 0.3 is 0 Å². The minimum absolute atomic E-state index is 0.0102. The van der Waals surface area contributed by atoms with E-state index < -0.39 is 0 Å². The maximum absolute atomic E-state index is 13.6. The van der Waals surface area contributed by atoms with Crippen molar-refractivity contribution in [2.24, 2.45) is 5.92 Å². The minimum Gasteiger partial charge on any atom is -0.472 e. The molecule has 186 valence electrons. The number of carbonyl (C=O) groups excluding carboxylic acids is 1. The SMILES string of the molecule is C[C@H](CO)N1C[C@H](C)[C@@H](CN(C)Cc2ccncc2)Oc2ncc(-c3ccc(C#N)cc3)cc2C1=O. The Balaban J connectivity index is 1.66. The van der Waals surface area contributed by atoms with Gasteiger partial charge < -0.3 is 14.7 Å². The lowest BCUT2D eigenvalue weighted by Gasteiger charge is -2.37. The molecule has 3 aromatic rings. The summed E-state index contributed by atoms with van der Waals surface area (Å²) >= 11 is 0. The molecule has 3 atom stereocenters. The molecule has 1 aliphatic rings. The van der Waals surface area contributed by atoms with Crippen LogP contribution >= 0.6 is 0 Å². The van der Waals surface area contributed by atoms with Crippen LogP contribution in [0.25, 0.3) is 11.1 Å². The van der Waals surface area contributed by atoms with Gasteiger partial charge in [0.25, 0.3) is 5.91 Å². The van der Waals surface area contributed by atoms with Crippen molar-refractivity contribution in [2.45, 2.75) is 32.5 Å². The van der Waals surface area contributed by atoms with Crippen molar-refractivity contribution in [3.8, 4) is 23.1 Å². The predicted molar refractivity (Wildman–Crippen MR) is 136 cm³/mol. The molecule has 3 heterocycles. The van der Waals surface area contributed by atoms with E-state index >= 15 is 0 Å². The Bertz CT molecular complexity index is 1230. The number of likely N-dealkylation sites (N-methyl/N-ethyl adjacent to an activating group) is 1. The van der Waals surface area contributed by atoms with E-state index in [9.17, 15) is 9.90 Å². The van der Waals surface area contributed by atoms with Crippen LogP contribution in [0.15, 0.2) is 61.1 Å². The highest BCUT2D eigenvalue weighted by molar-refractivity contribution is 5.98. The number of aromatic nitrogens is 2.